The van der Waals surface area contributed by atoms with Crippen molar-refractivity contribution in [2.75, 3.05) is 13.7 Å². The first kappa shape index (κ1) is 16.8. The molecule has 0 aromatic heterocycles. The average Bonchev–Trinajstić information content (AvgIpc) is 2.53. The van der Waals surface area contributed by atoms with Gasteiger partial charge in [0.15, 0.2) is 9.84 Å². The highest BCUT2D eigenvalue weighted by Crippen LogP contribution is 2.27. The molecule has 0 saturated carbocycles. The van der Waals surface area contributed by atoms with E-state index in [0.717, 1.165) is 5.56 Å². The van der Waals surface area contributed by atoms with Crippen LogP contribution in [-0.4, -0.2) is 27.3 Å². The van der Waals surface area contributed by atoms with Crippen LogP contribution in [-0.2, 0) is 16.3 Å². The molecule has 0 aliphatic rings. The first-order valence-corrected chi connectivity index (χ1v) is 8.73. The Hall–Kier alpha value is -1.56. The van der Waals surface area contributed by atoms with Crippen LogP contribution in [0.5, 0.6) is 5.75 Å². The molecule has 0 fully saturated rings. The lowest BCUT2D eigenvalue weighted by Gasteiger charge is -2.16. The molecule has 4 nitrogen and oxygen atoms in total. The third-order valence-electron chi connectivity index (χ3n) is 3.45. The molecule has 0 bridgehead atoms. The molecule has 2 aromatic carbocycles. The molecule has 0 saturated heterocycles. The Morgan fingerprint density at radius 1 is 1.18 bits per heavy atom. The lowest BCUT2D eigenvalue weighted by molar-refractivity contribution is 0.415. The zero-order valence-corrected chi connectivity index (χ0v) is 13.8. The first-order valence-electron chi connectivity index (χ1n) is 6.80. The molecule has 6 heteroatoms. The Bertz CT molecular complexity index is 732. The summed E-state index contributed by atoms with van der Waals surface area (Å²) in [6.07, 6.45) is 0.303. The van der Waals surface area contributed by atoms with Crippen LogP contribution >= 0.6 is 11.6 Å². The van der Waals surface area contributed by atoms with Gasteiger partial charge in [-0.25, -0.2) is 8.42 Å². The van der Waals surface area contributed by atoms with Gasteiger partial charge in [-0.2, -0.15) is 0 Å². The average molecular weight is 340 g/mol. The minimum absolute atomic E-state index is 0.0425. The largest absolute Gasteiger partial charge is 0.495 e. The maximum absolute atomic E-state index is 12.6. The van der Waals surface area contributed by atoms with Crippen LogP contribution < -0.4 is 10.5 Å². The van der Waals surface area contributed by atoms with E-state index in [4.69, 9.17) is 22.1 Å². The Balaban J connectivity index is 2.28. The zero-order chi connectivity index (χ0) is 16.2. The Morgan fingerprint density at radius 2 is 1.86 bits per heavy atom. The van der Waals surface area contributed by atoms with E-state index >= 15 is 0 Å². The highest BCUT2D eigenvalue weighted by Gasteiger charge is 2.26. The van der Waals surface area contributed by atoms with Crippen molar-refractivity contribution in [1.29, 1.82) is 0 Å². The fraction of sp³-hybridized carbons (Fsp3) is 0.250. The lowest BCUT2D eigenvalue weighted by atomic mass is 10.1. The number of hydrogen-bond donors (Lipinski definition) is 1. The molecule has 0 spiro atoms. The van der Waals surface area contributed by atoms with Crippen molar-refractivity contribution >= 4 is 21.4 Å². The molecular weight excluding hydrogens is 322 g/mol. The zero-order valence-electron chi connectivity index (χ0n) is 12.2. The lowest BCUT2D eigenvalue weighted by Crippen LogP contribution is -2.32. The molecule has 2 aromatic rings. The molecule has 118 valence electrons. The number of rotatable bonds is 6. The van der Waals surface area contributed by atoms with E-state index in [1.165, 1.54) is 7.11 Å². The predicted molar refractivity (Wildman–Crippen MR) is 88.2 cm³/mol. The maximum Gasteiger partial charge on any atom is 0.182 e. The van der Waals surface area contributed by atoms with E-state index in [9.17, 15) is 8.42 Å². The molecule has 1 atom stereocenters. The third kappa shape index (κ3) is 3.61. The van der Waals surface area contributed by atoms with Gasteiger partial charge in [0.05, 0.1) is 22.3 Å². The quantitative estimate of drug-likeness (QED) is 0.878. The minimum atomic E-state index is -3.48. The smallest absolute Gasteiger partial charge is 0.182 e. The van der Waals surface area contributed by atoms with Gasteiger partial charge in [0.1, 0.15) is 5.75 Å². The Kier molecular flexibility index (Phi) is 5.45. The number of methoxy groups -OCH3 is 1. The summed E-state index contributed by atoms with van der Waals surface area (Å²) < 4.78 is 30.4. The van der Waals surface area contributed by atoms with Gasteiger partial charge in [-0.15, -0.1) is 0 Å². The number of benzene rings is 2. The van der Waals surface area contributed by atoms with Gasteiger partial charge < -0.3 is 10.5 Å². The predicted octanol–water partition coefficient (Wildman–Crippen LogP) is 2.69. The molecule has 1 unspecified atom stereocenters. The third-order valence-corrected chi connectivity index (χ3v) is 5.91. The van der Waals surface area contributed by atoms with E-state index in [1.54, 1.807) is 48.5 Å². The van der Waals surface area contributed by atoms with Gasteiger partial charge in [0.2, 0.25) is 0 Å². The van der Waals surface area contributed by atoms with Gasteiger partial charge in [0.25, 0.3) is 0 Å². The van der Waals surface area contributed by atoms with Gasteiger partial charge in [-0.3, -0.25) is 0 Å². The number of sulfone groups is 1. The van der Waals surface area contributed by atoms with E-state index in [0.29, 0.717) is 17.2 Å². The van der Waals surface area contributed by atoms with Crippen molar-refractivity contribution < 1.29 is 13.2 Å². The Morgan fingerprint density at radius 3 is 2.41 bits per heavy atom. The van der Waals surface area contributed by atoms with Crippen molar-refractivity contribution in [1.82, 2.24) is 0 Å². The van der Waals surface area contributed by atoms with Gasteiger partial charge in [-0.1, -0.05) is 35.9 Å². The van der Waals surface area contributed by atoms with E-state index in [2.05, 4.69) is 0 Å². The van der Waals surface area contributed by atoms with Gasteiger partial charge in [-0.05, 0) is 36.2 Å². The molecule has 0 radical (unpaired) electrons. The van der Waals surface area contributed by atoms with Crippen molar-refractivity contribution in [3.63, 3.8) is 0 Å². The van der Waals surface area contributed by atoms with Crippen molar-refractivity contribution in [2.24, 2.45) is 5.73 Å². The summed E-state index contributed by atoms with van der Waals surface area (Å²) in [5.74, 6) is 0.556. The molecule has 0 aliphatic carbocycles. The van der Waals surface area contributed by atoms with Gasteiger partial charge >= 0.3 is 0 Å². The molecule has 0 aliphatic heterocycles. The monoisotopic (exact) mass is 339 g/mol. The van der Waals surface area contributed by atoms with Crippen LogP contribution in [0.15, 0.2) is 53.4 Å². The topological polar surface area (TPSA) is 69.4 Å². The minimum Gasteiger partial charge on any atom is -0.495 e. The second-order valence-electron chi connectivity index (χ2n) is 4.89. The van der Waals surface area contributed by atoms with Crippen molar-refractivity contribution in [3.8, 4) is 5.75 Å². The maximum atomic E-state index is 12.6. The molecular formula is C16H18ClNO3S. The van der Waals surface area contributed by atoms with Crippen molar-refractivity contribution in [2.45, 2.75) is 16.6 Å². The molecule has 2 N–H and O–H groups in total. The summed E-state index contributed by atoms with van der Waals surface area (Å²) in [6.45, 7) is 0.0425. The standard InChI is InChI=1S/C16H18ClNO3S/c1-21-16-8-7-12(10-15(16)17)9-14(11-18)22(19,20)13-5-3-2-4-6-13/h2-8,10,14H,9,11,18H2,1H3. The summed E-state index contributed by atoms with van der Waals surface area (Å²) in [5.41, 5.74) is 6.51. The number of halogens is 1. The SMILES string of the molecule is COc1ccc(CC(CN)S(=O)(=O)c2ccccc2)cc1Cl. The number of hydrogen-bond acceptors (Lipinski definition) is 4. The second-order valence-corrected chi connectivity index (χ2v) is 7.52. The van der Waals surface area contributed by atoms with Crippen LogP contribution in [0, 0.1) is 0 Å². The number of nitrogens with two attached hydrogens (primary N) is 1. The summed E-state index contributed by atoms with van der Waals surface area (Å²) in [4.78, 5) is 0.282. The normalized spacial score (nSPS) is 12.9. The summed E-state index contributed by atoms with van der Waals surface area (Å²) in [7, 11) is -1.95. The first-order chi connectivity index (χ1) is 10.5. The highest BCUT2D eigenvalue weighted by atomic mass is 35.5. The van der Waals surface area contributed by atoms with E-state index in [1.807, 2.05) is 0 Å². The molecule has 22 heavy (non-hydrogen) atoms. The van der Waals surface area contributed by atoms with Crippen LogP contribution in [0.1, 0.15) is 5.56 Å². The number of ether oxygens (including phenoxy) is 1. The second kappa shape index (κ2) is 7.13. The molecule has 0 heterocycles. The van der Waals surface area contributed by atoms with E-state index < -0.39 is 15.1 Å². The molecule has 0 amide bonds. The van der Waals surface area contributed by atoms with Crippen LogP contribution in [0.2, 0.25) is 5.02 Å². The Labute approximate surface area is 135 Å². The summed E-state index contributed by atoms with van der Waals surface area (Å²) in [5, 5.41) is -0.243. The fourth-order valence-electron chi connectivity index (χ4n) is 2.22. The van der Waals surface area contributed by atoms with Crippen LogP contribution in [0.25, 0.3) is 0 Å². The highest BCUT2D eigenvalue weighted by molar-refractivity contribution is 7.92. The summed E-state index contributed by atoms with van der Waals surface area (Å²) >= 11 is 6.08. The summed E-state index contributed by atoms with van der Waals surface area (Å²) in [6, 6.07) is 13.6. The molecule has 2 rings (SSSR count). The van der Waals surface area contributed by atoms with Crippen LogP contribution in [0.3, 0.4) is 0 Å². The van der Waals surface area contributed by atoms with Gasteiger partial charge in [0, 0.05) is 6.54 Å². The van der Waals surface area contributed by atoms with Crippen molar-refractivity contribution in [3.05, 3.63) is 59.1 Å². The van der Waals surface area contributed by atoms with E-state index in [-0.39, 0.29) is 11.4 Å². The fourth-order valence-corrected chi connectivity index (χ4v) is 4.09. The van der Waals surface area contributed by atoms with Crippen LogP contribution in [0.4, 0.5) is 0 Å².